The molecular formula is C22H23NO5. The van der Waals surface area contributed by atoms with Gasteiger partial charge in [-0.05, 0) is 37.1 Å². The number of carbonyl (C=O) groups excluding carboxylic acids is 3. The lowest BCUT2D eigenvalue weighted by atomic mass is 10.0. The standard InChI is InChI=1S/C22H23NO5/c1-14(2)19(23-20(24)17-6-4-5-7-18(17)21(23)25)22(26)28-13-12-27-16-10-8-15(3)9-11-16/h4-11,14,19H,12-13H2,1-3H3/t19-/m1/s1. The highest BCUT2D eigenvalue weighted by Crippen LogP contribution is 2.27. The van der Waals surface area contributed by atoms with E-state index in [1.54, 1.807) is 38.1 Å². The Labute approximate surface area is 164 Å². The van der Waals surface area contributed by atoms with Gasteiger partial charge in [0.05, 0.1) is 11.1 Å². The molecule has 0 N–H and O–H groups in total. The Morgan fingerprint density at radius 2 is 1.50 bits per heavy atom. The van der Waals surface area contributed by atoms with Gasteiger partial charge in [0, 0.05) is 0 Å². The van der Waals surface area contributed by atoms with E-state index in [0.717, 1.165) is 10.5 Å². The summed E-state index contributed by atoms with van der Waals surface area (Å²) in [4.78, 5) is 39.0. The topological polar surface area (TPSA) is 72.9 Å². The van der Waals surface area contributed by atoms with Gasteiger partial charge in [-0.25, -0.2) is 4.79 Å². The second kappa shape index (κ2) is 8.25. The molecule has 28 heavy (non-hydrogen) atoms. The summed E-state index contributed by atoms with van der Waals surface area (Å²) in [6.45, 7) is 5.74. The predicted octanol–water partition coefficient (Wildman–Crippen LogP) is 3.24. The zero-order chi connectivity index (χ0) is 20.3. The molecule has 3 rings (SSSR count). The molecule has 0 radical (unpaired) electrons. The van der Waals surface area contributed by atoms with E-state index in [1.165, 1.54) is 0 Å². The maximum atomic E-state index is 12.7. The Morgan fingerprint density at radius 1 is 0.929 bits per heavy atom. The van der Waals surface area contributed by atoms with Crippen molar-refractivity contribution in [1.29, 1.82) is 0 Å². The Balaban J connectivity index is 1.62. The predicted molar refractivity (Wildman–Crippen MR) is 103 cm³/mol. The molecule has 1 heterocycles. The number of amides is 2. The van der Waals surface area contributed by atoms with Crippen LogP contribution in [-0.2, 0) is 9.53 Å². The summed E-state index contributed by atoms with van der Waals surface area (Å²) in [5.41, 5.74) is 1.75. The van der Waals surface area contributed by atoms with Crippen LogP contribution >= 0.6 is 0 Å². The van der Waals surface area contributed by atoms with Gasteiger partial charge in [-0.2, -0.15) is 0 Å². The molecule has 146 valence electrons. The fraction of sp³-hybridized carbons (Fsp3) is 0.318. The Morgan fingerprint density at radius 3 is 2.04 bits per heavy atom. The Kier molecular flexibility index (Phi) is 5.78. The number of fused-ring (bicyclic) bond motifs is 1. The van der Waals surface area contributed by atoms with E-state index in [1.807, 2.05) is 31.2 Å². The SMILES string of the molecule is Cc1ccc(OCCOC(=O)[C@@H](C(C)C)N2C(=O)c3ccccc3C2=O)cc1. The van der Waals surface area contributed by atoms with E-state index in [2.05, 4.69) is 0 Å². The summed E-state index contributed by atoms with van der Waals surface area (Å²) in [5, 5.41) is 0. The number of esters is 1. The van der Waals surface area contributed by atoms with E-state index >= 15 is 0 Å². The summed E-state index contributed by atoms with van der Waals surface area (Å²) in [5.74, 6) is -1.15. The second-order valence-electron chi connectivity index (χ2n) is 7.04. The number of hydrogen-bond donors (Lipinski definition) is 0. The molecule has 0 spiro atoms. The molecule has 2 aromatic carbocycles. The van der Waals surface area contributed by atoms with Gasteiger partial charge in [0.25, 0.3) is 11.8 Å². The number of nitrogens with zero attached hydrogens (tertiary/aromatic N) is 1. The van der Waals surface area contributed by atoms with Crippen LogP contribution in [0.5, 0.6) is 5.75 Å². The minimum absolute atomic E-state index is 0.0269. The van der Waals surface area contributed by atoms with Crippen LogP contribution in [0.25, 0.3) is 0 Å². The highest BCUT2D eigenvalue weighted by Gasteiger charge is 2.44. The third-order valence-corrected chi connectivity index (χ3v) is 4.59. The quantitative estimate of drug-likeness (QED) is 0.418. The first-order chi connectivity index (χ1) is 13.4. The van der Waals surface area contributed by atoms with Crippen molar-refractivity contribution in [2.75, 3.05) is 13.2 Å². The Hall–Kier alpha value is -3.15. The van der Waals surface area contributed by atoms with Crippen molar-refractivity contribution >= 4 is 17.8 Å². The van der Waals surface area contributed by atoms with Crippen LogP contribution in [0.1, 0.15) is 40.1 Å². The molecule has 0 unspecified atom stereocenters. The van der Waals surface area contributed by atoms with Gasteiger partial charge in [0.15, 0.2) is 0 Å². The van der Waals surface area contributed by atoms with Gasteiger partial charge in [-0.3, -0.25) is 14.5 Å². The van der Waals surface area contributed by atoms with E-state index in [0.29, 0.717) is 16.9 Å². The Bertz CT molecular complexity index is 853. The van der Waals surface area contributed by atoms with Crippen LogP contribution < -0.4 is 4.74 Å². The van der Waals surface area contributed by atoms with E-state index in [9.17, 15) is 14.4 Å². The minimum atomic E-state index is -0.980. The van der Waals surface area contributed by atoms with E-state index in [-0.39, 0.29) is 19.1 Å². The average molecular weight is 381 g/mol. The molecule has 6 nitrogen and oxygen atoms in total. The third-order valence-electron chi connectivity index (χ3n) is 4.59. The summed E-state index contributed by atoms with van der Waals surface area (Å²) in [6.07, 6.45) is 0. The highest BCUT2D eigenvalue weighted by molar-refractivity contribution is 6.22. The molecule has 2 amide bonds. The number of imide groups is 1. The number of hydrogen-bond acceptors (Lipinski definition) is 5. The van der Waals surface area contributed by atoms with Gasteiger partial charge in [-0.15, -0.1) is 0 Å². The maximum Gasteiger partial charge on any atom is 0.329 e. The lowest BCUT2D eigenvalue weighted by Crippen LogP contribution is -2.48. The molecule has 0 saturated heterocycles. The van der Waals surface area contributed by atoms with Gasteiger partial charge in [0.1, 0.15) is 25.0 Å². The van der Waals surface area contributed by atoms with Crippen molar-refractivity contribution in [2.45, 2.75) is 26.8 Å². The van der Waals surface area contributed by atoms with Crippen LogP contribution in [0.4, 0.5) is 0 Å². The van der Waals surface area contributed by atoms with Crippen molar-refractivity contribution in [1.82, 2.24) is 4.90 Å². The van der Waals surface area contributed by atoms with Crippen molar-refractivity contribution in [3.05, 3.63) is 65.2 Å². The van der Waals surface area contributed by atoms with Crippen LogP contribution in [0.15, 0.2) is 48.5 Å². The zero-order valence-electron chi connectivity index (χ0n) is 16.2. The molecule has 0 bridgehead atoms. The summed E-state index contributed by atoms with van der Waals surface area (Å²) in [6, 6.07) is 13.1. The molecule has 2 aromatic rings. The van der Waals surface area contributed by atoms with E-state index < -0.39 is 23.8 Å². The first kappa shape index (κ1) is 19.6. The van der Waals surface area contributed by atoms with Gasteiger partial charge < -0.3 is 9.47 Å². The summed E-state index contributed by atoms with van der Waals surface area (Å²) >= 11 is 0. The zero-order valence-corrected chi connectivity index (χ0v) is 16.2. The monoisotopic (exact) mass is 381 g/mol. The molecule has 1 aliphatic rings. The van der Waals surface area contributed by atoms with Crippen LogP contribution in [-0.4, -0.2) is 41.9 Å². The molecule has 6 heteroatoms. The fourth-order valence-electron chi connectivity index (χ4n) is 3.16. The molecular weight excluding hydrogens is 358 g/mol. The van der Waals surface area contributed by atoms with Gasteiger partial charge in [0.2, 0.25) is 0 Å². The first-order valence-corrected chi connectivity index (χ1v) is 9.23. The van der Waals surface area contributed by atoms with E-state index in [4.69, 9.17) is 9.47 Å². The second-order valence-corrected chi connectivity index (χ2v) is 7.04. The van der Waals surface area contributed by atoms with Gasteiger partial charge >= 0.3 is 5.97 Å². The summed E-state index contributed by atoms with van der Waals surface area (Å²) in [7, 11) is 0. The van der Waals surface area contributed by atoms with Crippen molar-refractivity contribution < 1.29 is 23.9 Å². The molecule has 0 aromatic heterocycles. The molecule has 0 fully saturated rings. The number of benzene rings is 2. The number of carbonyl (C=O) groups is 3. The highest BCUT2D eigenvalue weighted by atomic mass is 16.6. The smallest absolute Gasteiger partial charge is 0.329 e. The average Bonchev–Trinajstić information content (AvgIpc) is 2.92. The normalized spacial score (nSPS) is 14.2. The lowest BCUT2D eigenvalue weighted by Gasteiger charge is -2.27. The van der Waals surface area contributed by atoms with Crippen molar-refractivity contribution in [2.24, 2.45) is 5.92 Å². The molecule has 0 saturated carbocycles. The minimum Gasteiger partial charge on any atom is -0.490 e. The number of rotatable bonds is 7. The maximum absolute atomic E-state index is 12.7. The fourth-order valence-corrected chi connectivity index (χ4v) is 3.16. The third kappa shape index (κ3) is 3.91. The largest absolute Gasteiger partial charge is 0.490 e. The van der Waals surface area contributed by atoms with Crippen molar-refractivity contribution in [3.63, 3.8) is 0 Å². The molecule has 1 aliphatic heterocycles. The first-order valence-electron chi connectivity index (χ1n) is 9.23. The van der Waals surface area contributed by atoms with Crippen molar-refractivity contribution in [3.8, 4) is 5.75 Å². The van der Waals surface area contributed by atoms with Crippen LogP contribution in [0.3, 0.4) is 0 Å². The molecule has 0 aliphatic carbocycles. The lowest BCUT2D eigenvalue weighted by molar-refractivity contribution is -0.150. The number of aryl methyl sites for hydroxylation is 1. The number of ether oxygens (including phenoxy) is 2. The summed E-state index contributed by atoms with van der Waals surface area (Å²) < 4.78 is 10.9. The van der Waals surface area contributed by atoms with Crippen LogP contribution in [0, 0.1) is 12.8 Å². The van der Waals surface area contributed by atoms with Crippen LogP contribution in [0.2, 0.25) is 0 Å². The molecule has 1 atom stereocenters. The van der Waals surface area contributed by atoms with Gasteiger partial charge in [-0.1, -0.05) is 43.7 Å².